The second kappa shape index (κ2) is 7.86. The van der Waals surface area contributed by atoms with E-state index in [0.717, 1.165) is 5.56 Å². The van der Waals surface area contributed by atoms with E-state index in [1.165, 1.54) is 23.9 Å². The standard InChI is InChI=1S/C22H21N3O5S2/c1-21(2)17(18(27)28)24-19(31)22(20(24)32-21,14-8-10-15(11-9-14)25(29)30)23-16(26)12-13-6-4-3-5-7-13/h3-11,17,20H,12H2,1-2H3,(H,23,26)(H,27,28)/t17-,20+,22-/m0/s1. The highest BCUT2D eigenvalue weighted by molar-refractivity contribution is 8.02. The summed E-state index contributed by atoms with van der Waals surface area (Å²) in [5, 5.41) is 23.5. The van der Waals surface area contributed by atoms with Crippen LogP contribution in [-0.4, -0.2) is 48.0 Å². The average molecular weight is 472 g/mol. The number of amides is 1. The molecule has 32 heavy (non-hydrogen) atoms. The molecule has 3 atom stereocenters. The summed E-state index contributed by atoms with van der Waals surface area (Å²) in [6.45, 7) is 3.67. The lowest BCUT2D eigenvalue weighted by Crippen LogP contribution is -2.76. The van der Waals surface area contributed by atoms with Gasteiger partial charge in [-0.1, -0.05) is 42.5 Å². The Labute approximate surface area is 194 Å². The lowest BCUT2D eigenvalue weighted by Gasteiger charge is -2.56. The molecular weight excluding hydrogens is 450 g/mol. The van der Waals surface area contributed by atoms with Gasteiger partial charge in [-0.15, -0.1) is 11.8 Å². The molecule has 2 aromatic carbocycles. The maximum atomic E-state index is 13.1. The number of carboxylic acids is 1. The fraction of sp³-hybridized carbons (Fsp3) is 0.318. The van der Waals surface area contributed by atoms with Gasteiger partial charge in [0.25, 0.3) is 5.69 Å². The summed E-state index contributed by atoms with van der Waals surface area (Å²) in [5.74, 6) is -1.26. The Balaban J connectivity index is 1.73. The van der Waals surface area contributed by atoms with E-state index < -0.39 is 32.6 Å². The van der Waals surface area contributed by atoms with Crippen LogP contribution in [0.1, 0.15) is 25.0 Å². The average Bonchev–Trinajstić information content (AvgIpc) is 3.01. The van der Waals surface area contributed by atoms with Crippen LogP contribution in [0.25, 0.3) is 0 Å². The number of benzene rings is 2. The molecule has 0 radical (unpaired) electrons. The third-order valence-electron chi connectivity index (χ3n) is 5.86. The molecule has 0 spiro atoms. The maximum absolute atomic E-state index is 13.1. The van der Waals surface area contributed by atoms with Crippen LogP contribution in [-0.2, 0) is 21.5 Å². The van der Waals surface area contributed by atoms with Crippen LogP contribution in [0.5, 0.6) is 0 Å². The Morgan fingerprint density at radius 3 is 2.38 bits per heavy atom. The van der Waals surface area contributed by atoms with Crippen LogP contribution in [0.3, 0.4) is 0 Å². The van der Waals surface area contributed by atoms with Crippen LogP contribution in [0.15, 0.2) is 54.6 Å². The monoisotopic (exact) mass is 471 g/mol. The third-order valence-corrected chi connectivity index (χ3v) is 8.03. The van der Waals surface area contributed by atoms with Crippen molar-refractivity contribution >= 4 is 46.5 Å². The molecule has 2 saturated heterocycles. The zero-order valence-corrected chi connectivity index (χ0v) is 19.0. The number of thiocarbonyl (C=S) groups is 1. The maximum Gasteiger partial charge on any atom is 0.327 e. The quantitative estimate of drug-likeness (QED) is 0.375. The fourth-order valence-electron chi connectivity index (χ4n) is 4.40. The molecular formula is C22H21N3O5S2. The summed E-state index contributed by atoms with van der Waals surface area (Å²) in [6, 6.07) is 14.3. The molecule has 10 heteroatoms. The third kappa shape index (κ3) is 3.43. The molecule has 2 aliphatic rings. The zero-order chi connectivity index (χ0) is 23.3. The van der Waals surface area contributed by atoms with Crippen LogP contribution >= 0.6 is 24.0 Å². The largest absolute Gasteiger partial charge is 0.480 e. The number of nitrogens with zero attached hydrogens (tertiary/aromatic N) is 2. The second-order valence-electron chi connectivity index (χ2n) is 8.35. The van der Waals surface area contributed by atoms with Crippen LogP contribution in [0, 0.1) is 10.1 Å². The van der Waals surface area contributed by atoms with E-state index in [-0.39, 0.29) is 18.0 Å². The van der Waals surface area contributed by atoms with Crippen molar-refractivity contribution in [2.45, 2.75) is 42.0 Å². The van der Waals surface area contributed by atoms with Gasteiger partial charge in [-0.05, 0) is 37.1 Å². The van der Waals surface area contributed by atoms with Gasteiger partial charge in [0, 0.05) is 16.9 Å². The topological polar surface area (TPSA) is 113 Å². The van der Waals surface area contributed by atoms with E-state index in [1.807, 2.05) is 44.2 Å². The summed E-state index contributed by atoms with van der Waals surface area (Å²) < 4.78 is -0.659. The summed E-state index contributed by atoms with van der Waals surface area (Å²) in [5.41, 5.74) is 0.200. The van der Waals surface area contributed by atoms with Gasteiger partial charge in [0.2, 0.25) is 5.91 Å². The summed E-state index contributed by atoms with van der Waals surface area (Å²) in [7, 11) is 0. The molecule has 8 nitrogen and oxygen atoms in total. The molecule has 1 amide bonds. The number of non-ortho nitro benzene ring substituents is 1. The predicted molar refractivity (Wildman–Crippen MR) is 124 cm³/mol. The van der Waals surface area contributed by atoms with E-state index in [2.05, 4.69) is 5.32 Å². The van der Waals surface area contributed by atoms with Crippen LogP contribution < -0.4 is 5.32 Å². The minimum atomic E-state index is -1.14. The Morgan fingerprint density at radius 2 is 1.81 bits per heavy atom. The summed E-state index contributed by atoms with van der Waals surface area (Å²) in [4.78, 5) is 37.6. The number of hydrogen-bond acceptors (Lipinski definition) is 6. The Hall–Kier alpha value is -2.98. The van der Waals surface area contributed by atoms with Gasteiger partial charge in [-0.25, -0.2) is 4.79 Å². The second-order valence-corrected chi connectivity index (χ2v) is 10.5. The number of fused-ring (bicyclic) bond motifs is 1. The fourth-order valence-corrected chi connectivity index (χ4v) is 6.78. The molecule has 2 fully saturated rings. The van der Waals surface area contributed by atoms with Gasteiger partial charge in [0.1, 0.15) is 21.9 Å². The molecule has 2 N–H and O–H groups in total. The number of thioether (sulfide) groups is 1. The molecule has 0 aromatic heterocycles. The van der Waals surface area contributed by atoms with E-state index >= 15 is 0 Å². The lowest BCUT2D eigenvalue weighted by molar-refractivity contribution is -0.384. The first-order valence-corrected chi connectivity index (χ1v) is 11.2. The van der Waals surface area contributed by atoms with Crippen LogP contribution in [0.4, 0.5) is 5.69 Å². The smallest absolute Gasteiger partial charge is 0.327 e. The highest BCUT2D eigenvalue weighted by atomic mass is 32.2. The van der Waals surface area contributed by atoms with Gasteiger partial charge >= 0.3 is 5.97 Å². The van der Waals surface area contributed by atoms with E-state index in [4.69, 9.17) is 12.2 Å². The molecule has 2 heterocycles. The number of carboxylic acid groups (broad SMARTS) is 1. The molecule has 0 unspecified atom stereocenters. The van der Waals surface area contributed by atoms with Crippen molar-refractivity contribution in [3.63, 3.8) is 0 Å². The van der Waals surface area contributed by atoms with Crippen LogP contribution in [0.2, 0.25) is 0 Å². The minimum Gasteiger partial charge on any atom is -0.480 e. The first-order chi connectivity index (χ1) is 15.1. The van der Waals surface area contributed by atoms with E-state index in [0.29, 0.717) is 10.6 Å². The number of nitro benzene ring substituents is 1. The van der Waals surface area contributed by atoms with Gasteiger partial charge in [-0.2, -0.15) is 0 Å². The van der Waals surface area contributed by atoms with Crippen molar-refractivity contribution in [1.29, 1.82) is 0 Å². The molecule has 2 aliphatic heterocycles. The van der Waals surface area contributed by atoms with Gasteiger partial charge in [-0.3, -0.25) is 14.9 Å². The first-order valence-electron chi connectivity index (χ1n) is 9.91. The SMILES string of the molecule is CC1(C)S[C@H]2N(C(=S)[C@@]2(NC(=O)Cc2ccccc2)c2ccc([N+](=O)[O-])cc2)[C@H]1C(=O)O. The number of carbonyl (C=O) groups is 2. The molecule has 166 valence electrons. The number of carbonyl (C=O) groups excluding carboxylic acids is 1. The summed E-state index contributed by atoms with van der Waals surface area (Å²) >= 11 is 7.13. The zero-order valence-electron chi connectivity index (χ0n) is 17.3. The number of nitro groups is 1. The van der Waals surface area contributed by atoms with Gasteiger partial charge in [0.15, 0.2) is 0 Å². The molecule has 2 aromatic rings. The number of hydrogen-bond donors (Lipinski definition) is 2. The van der Waals surface area contributed by atoms with E-state index in [9.17, 15) is 24.8 Å². The van der Waals surface area contributed by atoms with Crippen molar-refractivity contribution in [2.75, 3.05) is 0 Å². The highest BCUT2D eigenvalue weighted by Gasteiger charge is 2.70. The van der Waals surface area contributed by atoms with Crippen molar-refractivity contribution in [1.82, 2.24) is 10.2 Å². The molecule has 0 aliphatic carbocycles. The number of rotatable bonds is 6. The molecule has 0 saturated carbocycles. The summed E-state index contributed by atoms with van der Waals surface area (Å²) in [6.07, 6.45) is 0.126. The Bertz CT molecular complexity index is 1110. The first kappa shape index (κ1) is 22.2. The van der Waals surface area contributed by atoms with Gasteiger partial charge < -0.3 is 15.3 Å². The molecule has 0 bridgehead atoms. The lowest BCUT2D eigenvalue weighted by atomic mass is 9.79. The van der Waals surface area contributed by atoms with Crippen molar-refractivity contribution in [3.05, 3.63) is 75.8 Å². The Morgan fingerprint density at radius 1 is 1.19 bits per heavy atom. The normalized spacial score (nSPS) is 25.6. The Kier molecular flexibility index (Phi) is 5.46. The van der Waals surface area contributed by atoms with Crippen molar-refractivity contribution in [2.24, 2.45) is 0 Å². The highest BCUT2D eigenvalue weighted by Crippen LogP contribution is 2.58. The van der Waals surface area contributed by atoms with Crippen molar-refractivity contribution < 1.29 is 19.6 Å². The number of nitrogens with one attached hydrogen (secondary N) is 1. The molecule has 4 rings (SSSR count). The van der Waals surface area contributed by atoms with E-state index in [1.54, 1.807) is 17.0 Å². The van der Waals surface area contributed by atoms with Gasteiger partial charge in [0.05, 0.1) is 11.3 Å². The number of aliphatic carboxylic acids is 1. The predicted octanol–water partition coefficient (Wildman–Crippen LogP) is 3.10. The minimum absolute atomic E-state index is 0.0792. The van der Waals surface area contributed by atoms with Crippen molar-refractivity contribution in [3.8, 4) is 0 Å².